The number of carboxylic acids is 1. The molecule has 1 aromatic rings. The van der Waals surface area contributed by atoms with E-state index in [0.717, 1.165) is 4.31 Å². The van der Waals surface area contributed by atoms with E-state index in [1.165, 1.54) is 0 Å². The second-order valence-electron chi connectivity index (χ2n) is 4.86. The van der Waals surface area contributed by atoms with E-state index in [0.29, 0.717) is 31.4 Å². The Morgan fingerprint density at radius 1 is 1.57 bits per heavy atom. The number of hydrogen-bond donors (Lipinski definition) is 2. The van der Waals surface area contributed by atoms with Crippen molar-refractivity contribution in [3.8, 4) is 0 Å². The molecule has 2 N–H and O–H groups in total. The fraction of sp³-hybridized carbons (Fsp3) is 0.667. The fourth-order valence-corrected chi connectivity index (χ4v) is 3.64. The average molecular weight is 317 g/mol. The van der Waals surface area contributed by atoms with Gasteiger partial charge in [0.25, 0.3) is 10.2 Å². The van der Waals surface area contributed by atoms with Crippen LogP contribution in [0.2, 0.25) is 0 Å². The van der Waals surface area contributed by atoms with Crippen molar-refractivity contribution < 1.29 is 22.7 Å². The second-order valence-corrected chi connectivity index (χ2v) is 6.57. The zero-order chi connectivity index (χ0) is 15.5. The Labute approximate surface area is 123 Å². The van der Waals surface area contributed by atoms with Crippen molar-refractivity contribution in [1.29, 1.82) is 0 Å². The summed E-state index contributed by atoms with van der Waals surface area (Å²) in [6.45, 7) is 2.02. The van der Waals surface area contributed by atoms with Gasteiger partial charge in [0, 0.05) is 13.0 Å². The van der Waals surface area contributed by atoms with Gasteiger partial charge in [-0.3, -0.25) is 4.79 Å². The van der Waals surface area contributed by atoms with Crippen LogP contribution in [0.5, 0.6) is 0 Å². The van der Waals surface area contributed by atoms with Crippen LogP contribution in [0, 0.1) is 0 Å². The number of carboxylic acid groups (broad SMARTS) is 1. The summed E-state index contributed by atoms with van der Waals surface area (Å²) in [7, 11) is -3.87. The molecule has 1 fully saturated rings. The number of oxazole rings is 1. The van der Waals surface area contributed by atoms with Crippen molar-refractivity contribution in [2.45, 2.75) is 45.2 Å². The molecule has 8 nitrogen and oxygen atoms in total. The smallest absolute Gasteiger partial charge is 0.322 e. The summed E-state index contributed by atoms with van der Waals surface area (Å²) in [4.78, 5) is 15.1. The lowest BCUT2D eigenvalue weighted by Gasteiger charge is -2.31. The highest BCUT2D eigenvalue weighted by molar-refractivity contribution is 7.87. The van der Waals surface area contributed by atoms with Crippen LogP contribution in [0.25, 0.3) is 0 Å². The van der Waals surface area contributed by atoms with Gasteiger partial charge in [0.2, 0.25) is 5.89 Å². The van der Waals surface area contributed by atoms with Gasteiger partial charge < -0.3 is 9.52 Å². The molecule has 0 saturated carbocycles. The molecule has 1 aliphatic heterocycles. The predicted octanol–water partition coefficient (Wildman–Crippen LogP) is 0.511. The summed E-state index contributed by atoms with van der Waals surface area (Å²) in [6.07, 6.45) is 3.92. The molecule has 1 unspecified atom stereocenters. The monoisotopic (exact) mass is 317 g/mol. The number of aromatic nitrogens is 1. The first-order valence-electron chi connectivity index (χ1n) is 6.87. The van der Waals surface area contributed by atoms with Crippen LogP contribution in [0.4, 0.5) is 0 Å². The minimum Gasteiger partial charge on any atom is -0.480 e. The first-order valence-corrected chi connectivity index (χ1v) is 8.31. The molecule has 0 radical (unpaired) electrons. The van der Waals surface area contributed by atoms with Gasteiger partial charge in [-0.25, -0.2) is 4.98 Å². The molecule has 0 aromatic carbocycles. The molecular weight excluding hydrogens is 298 g/mol. The van der Waals surface area contributed by atoms with Crippen LogP contribution >= 0.6 is 0 Å². The first kappa shape index (κ1) is 15.9. The zero-order valence-corrected chi connectivity index (χ0v) is 12.6. The number of rotatable bonds is 6. The van der Waals surface area contributed by atoms with Crippen LogP contribution in [-0.4, -0.2) is 41.4 Å². The predicted molar refractivity (Wildman–Crippen MR) is 73.6 cm³/mol. The quantitative estimate of drug-likeness (QED) is 0.790. The molecule has 21 heavy (non-hydrogen) atoms. The topological polar surface area (TPSA) is 113 Å². The van der Waals surface area contributed by atoms with Crippen molar-refractivity contribution in [2.75, 3.05) is 6.54 Å². The van der Waals surface area contributed by atoms with Crippen molar-refractivity contribution in [2.24, 2.45) is 0 Å². The standard InChI is InChI=1S/C12H19N3O5S/c1-2-9-7-13-11(20-9)8-14-21(18,19)15-6-4-3-5-10(15)12(16)17/h7,10,14H,2-6,8H2,1H3,(H,16,17). The van der Waals surface area contributed by atoms with E-state index < -0.39 is 22.2 Å². The third kappa shape index (κ3) is 3.80. The maximum Gasteiger partial charge on any atom is 0.322 e. The number of nitrogens with zero attached hydrogens (tertiary/aromatic N) is 2. The third-order valence-corrected chi connectivity index (χ3v) is 4.97. The average Bonchev–Trinajstić information content (AvgIpc) is 2.93. The molecule has 2 heterocycles. The molecule has 1 atom stereocenters. The maximum atomic E-state index is 12.2. The highest BCUT2D eigenvalue weighted by Gasteiger charge is 2.36. The lowest BCUT2D eigenvalue weighted by Crippen LogP contribution is -2.51. The van der Waals surface area contributed by atoms with Gasteiger partial charge in [-0.2, -0.15) is 17.4 Å². The minimum absolute atomic E-state index is 0.0921. The van der Waals surface area contributed by atoms with Crippen molar-refractivity contribution in [3.63, 3.8) is 0 Å². The zero-order valence-electron chi connectivity index (χ0n) is 11.8. The molecule has 0 amide bonds. The Bertz CT molecular complexity index is 598. The van der Waals surface area contributed by atoms with Crippen LogP contribution in [0.15, 0.2) is 10.6 Å². The molecule has 1 aliphatic rings. The van der Waals surface area contributed by atoms with Crippen molar-refractivity contribution in [3.05, 3.63) is 17.8 Å². The number of nitrogens with one attached hydrogen (secondary N) is 1. The number of piperidine rings is 1. The Morgan fingerprint density at radius 3 is 2.95 bits per heavy atom. The Morgan fingerprint density at radius 2 is 2.33 bits per heavy atom. The van der Waals surface area contributed by atoms with E-state index in [4.69, 9.17) is 9.52 Å². The van der Waals surface area contributed by atoms with E-state index in [-0.39, 0.29) is 19.0 Å². The van der Waals surface area contributed by atoms with Crippen LogP contribution in [-0.2, 0) is 28.0 Å². The molecule has 1 aromatic heterocycles. The van der Waals surface area contributed by atoms with Crippen LogP contribution in [0.3, 0.4) is 0 Å². The summed E-state index contributed by atoms with van der Waals surface area (Å²) in [6, 6.07) is -1.01. The number of aryl methyl sites for hydroxylation is 1. The fourth-order valence-electron chi connectivity index (χ4n) is 2.27. The SMILES string of the molecule is CCc1cnc(CNS(=O)(=O)N2CCCCC2C(=O)O)o1. The van der Waals surface area contributed by atoms with E-state index in [1.54, 1.807) is 6.20 Å². The van der Waals surface area contributed by atoms with E-state index in [2.05, 4.69) is 9.71 Å². The lowest BCUT2D eigenvalue weighted by molar-refractivity contribution is -0.142. The normalized spacial score (nSPS) is 20.5. The molecule has 0 aliphatic carbocycles. The maximum absolute atomic E-state index is 12.2. The lowest BCUT2D eigenvalue weighted by atomic mass is 10.1. The summed E-state index contributed by atoms with van der Waals surface area (Å²) in [5, 5.41) is 9.13. The van der Waals surface area contributed by atoms with Gasteiger partial charge in [-0.05, 0) is 19.3 Å². The number of hydrogen-bond acceptors (Lipinski definition) is 5. The van der Waals surface area contributed by atoms with E-state index >= 15 is 0 Å². The molecule has 0 spiro atoms. The molecular formula is C12H19N3O5S. The van der Waals surface area contributed by atoms with Gasteiger partial charge in [-0.15, -0.1) is 0 Å². The first-order chi connectivity index (χ1) is 9.94. The van der Waals surface area contributed by atoms with Gasteiger partial charge in [0.15, 0.2) is 0 Å². The Hall–Kier alpha value is -1.45. The summed E-state index contributed by atoms with van der Waals surface area (Å²) >= 11 is 0. The summed E-state index contributed by atoms with van der Waals surface area (Å²) in [5.74, 6) is -0.186. The highest BCUT2D eigenvalue weighted by Crippen LogP contribution is 2.20. The van der Waals surface area contributed by atoms with Gasteiger partial charge in [0.05, 0.1) is 12.7 Å². The Kier molecular flexibility index (Phi) is 4.96. The van der Waals surface area contributed by atoms with E-state index in [9.17, 15) is 13.2 Å². The molecule has 1 saturated heterocycles. The summed E-state index contributed by atoms with van der Waals surface area (Å²) in [5.41, 5.74) is 0. The van der Waals surface area contributed by atoms with Crippen molar-refractivity contribution >= 4 is 16.2 Å². The minimum atomic E-state index is -3.87. The number of carbonyl (C=O) groups is 1. The van der Waals surface area contributed by atoms with Gasteiger partial charge >= 0.3 is 5.97 Å². The molecule has 2 rings (SSSR count). The van der Waals surface area contributed by atoms with Crippen LogP contribution < -0.4 is 4.72 Å². The highest BCUT2D eigenvalue weighted by atomic mass is 32.2. The summed E-state index contributed by atoms with van der Waals surface area (Å²) < 4.78 is 33.1. The molecule has 118 valence electrons. The van der Waals surface area contributed by atoms with Gasteiger partial charge in [0.1, 0.15) is 11.8 Å². The van der Waals surface area contributed by atoms with E-state index in [1.807, 2.05) is 6.92 Å². The Balaban J connectivity index is 2.04. The molecule has 9 heteroatoms. The largest absolute Gasteiger partial charge is 0.480 e. The second kappa shape index (κ2) is 6.54. The molecule has 0 bridgehead atoms. The van der Waals surface area contributed by atoms with Crippen LogP contribution in [0.1, 0.15) is 37.8 Å². The number of aliphatic carboxylic acids is 1. The van der Waals surface area contributed by atoms with Crippen molar-refractivity contribution in [1.82, 2.24) is 14.0 Å². The van der Waals surface area contributed by atoms with Gasteiger partial charge in [-0.1, -0.05) is 6.92 Å². The third-order valence-electron chi connectivity index (χ3n) is 3.40.